The van der Waals surface area contributed by atoms with E-state index in [0.29, 0.717) is 17.1 Å². The maximum atomic E-state index is 11.2. The molecular formula is C12H12N4O3S2. The summed E-state index contributed by atoms with van der Waals surface area (Å²) < 4.78 is 27.9. The average molecular weight is 324 g/mol. The molecule has 2 rings (SSSR count). The molecule has 0 amide bonds. The first kappa shape index (κ1) is 15.2. The number of nitrogens with two attached hydrogens (primary N) is 2. The van der Waals surface area contributed by atoms with E-state index in [1.807, 2.05) is 0 Å². The van der Waals surface area contributed by atoms with Crippen LogP contribution in [0.15, 0.2) is 50.8 Å². The number of nitrogens with zero attached hydrogens (tertiary/aromatic N) is 1. The van der Waals surface area contributed by atoms with Gasteiger partial charge < -0.3 is 10.2 Å². The summed E-state index contributed by atoms with van der Waals surface area (Å²) in [6.45, 7) is 0. The Kier molecular flexibility index (Phi) is 4.36. The number of nitrogens with one attached hydrogen (secondary N) is 1. The highest BCUT2D eigenvalue weighted by Crippen LogP contribution is 2.22. The lowest BCUT2D eigenvalue weighted by atomic mass is 10.2. The molecule has 1 aromatic carbocycles. The number of rotatable bonds is 4. The topological polar surface area (TPSA) is 124 Å². The summed E-state index contributed by atoms with van der Waals surface area (Å²) in [5.74, 6) is 1.05. The lowest BCUT2D eigenvalue weighted by molar-refractivity contribution is 0.574. The second-order valence-corrected chi connectivity index (χ2v) is 6.01. The fourth-order valence-electron chi connectivity index (χ4n) is 1.55. The second-order valence-electron chi connectivity index (χ2n) is 4.01. The molecule has 0 atom stereocenters. The van der Waals surface area contributed by atoms with Crippen LogP contribution in [0.25, 0.3) is 11.3 Å². The largest absolute Gasteiger partial charge is 0.455 e. The standard InChI is InChI=1S/C12H12N4O3S2/c13-12(20)16-15-7-9-3-6-11(19-9)8-1-4-10(5-2-8)21(14,17)18/h1-7H,(H3,13,16,20)(H2,14,17,18)/b15-7+. The highest BCUT2D eigenvalue weighted by atomic mass is 32.2. The number of primary sulfonamides is 1. The highest BCUT2D eigenvalue weighted by molar-refractivity contribution is 7.89. The predicted molar refractivity (Wildman–Crippen MR) is 83.0 cm³/mol. The quantitative estimate of drug-likeness (QED) is 0.433. The zero-order valence-electron chi connectivity index (χ0n) is 10.7. The van der Waals surface area contributed by atoms with Gasteiger partial charge in [-0.15, -0.1) is 0 Å². The molecule has 0 bridgehead atoms. The van der Waals surface area contributed by atoms with Crippen LogP contribution in [0.4, 0.5) is 0 Å². The molecule has 0 fully saturated rings. The Bertz CT molecular complexity index is 779. The van der Waals surface area contributed by atoms with E-state index in [4.69, 9.17) is 15.3 Å². The van der Waals surface area contributed by atoms with Gasteiger partial charge in [0, 0.05) is 5.56 Å². The molecule has 7 nitrogen and oxygen atoms in total. The zero-order valence-corrected chi connectivity index (χ0v) is 12.3. The summed E-state index contributed by atoms with van der Waals surface area (Å²) in [7, 11) is -3.70. The number of hydrogen-bond donors (Lipinski definition) is 3. The minimum absolute atomic E-state index is 0.0419. The summed E-state index contributed by atoms with van der Waals surface area (Å²) in [5.41, 5.74) is 8.34. The van der Waals surface area contributed by atoms with Crippen molar-refractivity contribution in [1.29, 1.82) is 0 Å². The van der Waals surface area contributed by atoms with Crippen LogP contribution in [0, 0.1) is 0 Å². The Labute approximate surface area is 126 Å². The minimum Gasteiger partial charge on any atom is -0.455 e. The maximum Gasteiger partial charge on any atom is 0.238 e. The van der Waals surface area contributed by atoms with Crippen molar-refractivity contribution in [3.05, 3.63) is 42.2 Å². The molecule has 0 radical (unpaired) electrons. The number of furan rings is 1. The number of hydrogen-bond acceptors (Lipinski definition) is 5. The van der Waals surface area contributed by atoms with Crippen molar-refractivity contribution in [1.82, 2.24) is 5.43 Å². The number of benzene rings is 1. The molecule has 0 aliphatic carbocycles. The van der Waals surface area contributed by atoms with Crippen LogP contribution in [0.3, 0.4) is 0 Å². The van der Waals surface area contributed by atoms with Crippen molar-refractivity contribution >= 4 is 33.6 Å². The Balaban J connectivity index is 2.18. The van der Waals surface area contributed by atoms with E-state index in [1.165, 1.54) is 18.3 Å². The first-order valence-electron chi connectivity index (χ1n) is 5.68. The average Bonchev–Trinajstić information content (AvgIpc) is 2.86. The van der Waals surface area contributed by atoms with Gasteiger partial charge in [-0.05, 0) is 48.6 Å². The summed E-state index contributed by atoms with van der Waals surface area (Å²) in [4.78, 5) is 0.0419. The molecule has 1 heterocycles. The van der Waals surface area contributed by atoms with Gasteiger partial charge in [-0.25, -0.2) is 13.6 Å². The summed E-state index contributed by atoms with van der Waals surface area (Å²) in [6, 6.07) is 9.46. The van der Waals surface area contributed by atoms with Gasteiger partial charge >= 0.3 is 0 Å². The lowest BCUT2D eigenvalue weighted by Gasteiger charge is -2.00. The maximum absolute atomic E-state index is 11.2. The predicted octanol–water partition coefficient (Wildman–Crippen LogP) is 0.761. The van der Waals surface area contributed by atoms with Crippen molar-refractivity contribution in [2.45, 2.75) is 4.90 Å². The number of sulfonamides is 1. The molecule has 0 unspecified atom stereocenters. The highest BCUT2D eigenvalue weighted by Gasteiger charge is 2.09. The smallest absolute Gasteiger partial charge is 0.238 e. The van der Waals surface area contributed by atoms with E-state index < -0.39 is 10.0 Å². The van der Waals surface area contributed by atoms with Crippen LogP contribution in [0.1, 0.15) is 5.76 Å². The van der Waals surface area contributed by atoms with Crippen LogP contribution in [-0.4, -0.2) is 19.7 Å². The molecule has 1 aromatic heterocycles. The molecule has 110 valence electrons. The molecule has 2 aromatic rings. The van der Waals surface area contributed by atoms with Crippen LogP contribution in [0.5, 0.6) is 0 Å². The molecule has 0 saturated carbocycles. The van der Waals surface area contributed by atoms with Crippen LogP contribution in [-0.2, 0) is 10.0 Å². The summed E-state index contributed by atoms with van der Waals surface area (Å²) in [6.07, 6.45) is 1.42. The van der Waals surface area contributed by atoms with E-state index in [2.05, 4.69) is 22.7 Å². The van der Waals surface area contributed by atoms with Crippen molar-refractivity contribution in [2.24, 2.45) is 16.0 Å². The molecule has 0 aliphatic rings. The van der Waals surface area contributed by atoms with Crippen molar-refractivity contribution in [3.8, 4) is 11.3 Å². The Morgan fingerprint density at radius 3 is 2.48 bits per heavy atom. The third kappa shape index (κ3) is 4.12. The third-order valence-electron chi connectivity index (χ3n) is 2.46. The molecule has 0 aliphatic heterocycles. The minimum atomic E-state index is -3.70. The number of hydrazone groups is 1. The molecule has 21 heavy (non-hydrogen) atoms. The molecule has 5 N–H and O–H groups in total. The van der Waals surface area contributed by atoms with Gasteiger partial charge in [0.25, 0.3) is 0 Å². The van der Waals surface area contributed by atoms with Gasteiger partial charge in [-0.2, -0.15) is 5.10 Å². The van der Waals surface area contributed by atoms with Crippen molar-refractivity contribution in [3.63, 3.8) is 0 Å². The van der Waals surface area contributed by atoms with Crippen molar-refractivity contribution in [2.75, 3.05) is 0 Å². The van der Waals surface area contributed by atoms with Crippen LogP contribution < -0.4 is 16.3 Å². The van der Waals surface area contributed by atoms with E-state index in [0.717, 1.165) is 0 Å². The van der Waals surface area contributed by atoms with Gasteiger partial charge in [0.15, 0.2) is 5.11 Å². The normalized spacial score (nSPS) is 11.7. The van der Waals surface area contributed by atoms with E-state index in [9.17, 15) is 8.42 Å². The summed E-state index contributed by atoms with van der Waals surface area (Å²) in [5, 5.41) is 8.85. The van der Waals surface area contributed by atoms with Gasteiger partial charge in [0.05, 0.1) is 11.1 Å². The van der Waals surface area contributed by atoms with Crippen LogP contribution in [0.2, 0.25) is 0 Å². The molecular weight excluding hydrogens is 312 g/mol. The van der Waals surface area contributed by atoms with Crippen molar-refractivity contribution < 1.29 is 12.8 Å². The van der Waals surface area contributed by atoms with Gasteiger partial charge in [-0.1, -0.05) is 0 Å². The number of thiocarbonyl (C=S) groups is 1. The SMILES string of the molecule is NC(=S)N/N=C/c1ccc(-c2ccc(S(N)(=O)=O)cc2)o1. The molecule has 0 saturated heterocycles. The monoisotopic (exact) mass is 324 g/mol. The summed E-state index contributed by atoms with van der Waals surface area (Å²) >= 11 is 4.60. The molecule has 0 spiro atoms. The van der Waals surface area contributed by atoms with Crippen LogP contribution >= 0.6 is 12.2 Å². The van der Waals surface area contributed by atoms with Gasteiger partial charge in [-0.3, -0.25) is 5.43 Å². The first-order chi connectivity index (χ1) is 9.86. The molecule has 9 heteroatoms. The van der Waals surface area contributed by atoms with E-state index in [1.54, 1.807) is 24.3 Å². The Morgan fingerprint density at radius 2 is 1.90 bits per heavy atom. The van der Waals surface area contributed by atoms with E-state index in [-0.39, 0.29) is 10.0 Å². The fraction of sp³-hybridized carbons (Fsp3) is 0. The lowest BCUT2D eigenvalue weighted by Crippen LogP contribution is -2.23. The zero-order chi connectivity index (χ0) is 15.5. The first-order valence-corrected chi connectivity index (χ1v) is 7.63. The Hall–Kier alpha value is -2.23. The van der Waals surface area contributed by atoms with Gasteiger partial charge in [0.2, 0.25) is 10.0 Å². The second kappa shape index (κ2) is 6.04. The fourth-order valence-corrected chi connectivity index (χ4v) is 2.11. The Morgan fingerprint density at radius 1 is 1.24 bits per heavy atom. The van der Waals surface area contributed by atoms with E-state index >= 15 is 0 Å². The third-order valence-corrected chi connectivity index (χ3v) is 3.48. The van der Waals surface area contributed by atoms with Gasteiger partial charge in [0.1, 0.15) is 11.5 Å².